The third-order valence-corrected chi connectivity index (χ3v) is 4.67. The molecular weight excluding hydrogens is 316 g/mol. The molecule has 2 aromatic rings. The average molecular weight is 327 g/mol. The first-order valence-electron chi connectivity index (χ1n) is 5.79. The highest BCUT2D eigenvalue weighted by atomic mass is 35.5. The second-order valence-electron chi connectivity index (χ2n) is 4.17. The summed E-state index contributed by atoms with van der Waals surface area (Å²) in [4.78, 5) is 14.8. The molecule has 0 bridgehead atoms. The zero-order valence-corrected chi connectivity index (χ0v) is 12.4. The molecule has 0 aliphatic carbocycles. The molecule has 0 atom stereocenters. The molecule has 2 rings (SSSR count). The first kappa shape index (κ1) is 15.3. The Morgan fingerprint density at radius 3 is 2.67 bits per heavy atom. The van der Waals surface area contributed by atoms with Crippen molar-refractivity contribution in [3.05, 3.63) is 52.7 Å². The van der Waals surface area contributed by atoms with Crippen LogP contribution >= 0.6 is 11.6 Å². The average Bonchev–Trinajstić information content (AvgIpc) is 2.41. The van der Waals surface area contributed by atoms with Crippen LogP contribution in [0, 0.1) is 6.92 Å². The Labute approximate surface area is 126 Å². The number of carboxylic acids is 1. The van der Waals surface area contributed by atoms with Gasteiger partial charge in [0.25, 0.3) is 10.0 Å². The summed E-state index contributed by atoms with van der Waals surface area (Å²) < 4.78 is 26.9. The van der Waals surface area contributed by atoms with Gasteiger partial charge in [-0.3, -0.25) is 4.72 Å². The number of sulfonamides is 1. The van der Waals surface area contributed by atoms with E-state index in [0.717, 1.165) is 0 Å². The van der Waals surface area contributed by atoms with Gasteiger partial charge in [-0.25, -0.2) is 18.2 Å². The predicted molar refractivity (Wildman–Crippen MR) is 78.2 cm³/mol. The molecule has 2 N–H and O–H groups in total. The molecule has 1 aromatic heterocycles. The molecule has 0 saturated carbocycles. The maximum Gasteiger partial charge on any atom is 0.339 e. The highest BCUT2D eigenvalue weighted by Gasteiger charge is 2.21. The molecule has 1 aromatic carbocycles. The van der Waals surface area contributed by atoms with E-state index in [1.807, 2.05) is 0 Å². The van der Waals surface area contributed by atoms with E-state index in [2.05, 4.69) is 9.71 Å². The predicted octanol–water partition coefficient (Wildman–Crippen LogP) is 2.54. The summed E-state index contributed by atoms with van der Waals surface area (Å²) in [5.74, 6) is -1.52. The number of hydrogen-bond donors (Lipinski definition) is 2. The minimum atomic E-state index is -3.98. The number of carbonyl (C=O) groups is 1. The molecule has 0 aliphatic heterocycles. The standard InChI is InChI=1S/C13H11ClN2O4S/c1-8-10(14)5-2-6-11(8)21(19,20)16-12-9(13(17)18)4-3-7-15-12/h2-7H,1H3,(H,15,16)(H,17,18). The second-order valence-corrected chi connectivity index (χ2v) is 6.23. The van der Waals surface area contributed by atoms with E-state index in [1.165, 1.54) is 30.5 Å². The van der Waals surface area contributed by atoms with E-state index < -0.39 is 16.0 Å². The van der Waals surface area contributed by atoms with Crippen molar-refractivity contribution in [2.75, 3.05) is 4.72 Å². The number of hydrogen-bond acceptors (Lipinski definition) is 4. The Kier molecular flexibility index (Phi) is 4.15. The van der Waals surface area contributed by atoms with E-state index in [1.54, 1.807) is 13.0 Å². The van der Waals surface area contributed by atoms with Gasteiger partial charge in [-0.1, -0.05) is 17.7 Å². The molecule has 0 radical (unpaired) electrons. The number of rotatable bonds is 4. The van der Waals surface area contributed by atoms with Crippen molar-refractivity contribution in [2.24, 2.45) is 0 Å². The summed E-state index contributed by atoms with van der Waals surface area (Å²) >= 11 is 5.90. The fourth-order valence-corrected chi connectivity index (χ4v) is 3.25. The largest absolute Gasteiger partial charge is 0.478 e. The Hall–Kier alpha value is -2.12. The highest BCUT2D eigenvalue weighted by Crippen LogP contribution is 2.25. The topological polar surface area (TPSA) is 96.4 Å². The monoisotopic (exact) mass is 326 g/mol. The number of nitrogens with one attached hydrogen (secondary N) is 1. The van der Waals surface area contributed by atoms with Crippen LogP contribution in [-0.2, 0) is 10.0 Å². The van der Waals surface area contributed by atoms with Crippen LogP contribution in [0.15, 0.2) is 41.4 Å². The Bertz CT molecular complexity index is 806. The minimum absolute atomic E-state index is 0.0306. The number of pyridine rings is 1. The van der Waals surface area contributed by atoms with Crippen molar-refractivity contribution < 1.29 is 18.3 Å². The van der Waals surface area contributed by atoms with Crippen LogP contribution < -0.4 is 4.72 Å². The summed E-state index contributed by atoms with van der Waals surface area (Å²) in [6, 6.07) is 7.12. The molecule has 0 spiro atoms. The Balaban J connectivity index is 2.48. The number of benzene rings is 1. The lowest BCUT2D eigenvalue weighted by Crippen LogP contribution is -2.17. The zero-order chi connectivity index (χ0) is 15.6. The van der Waals surface area contributed by atoms with E-state index in [9.17, 15) is 13.2 Å². The van der Waals surface area contributed by atoms with Gasteiger partial charge in [0.1, 0.15) is 5.56 Å². The fraction of sp³-hybridized carbons (Fsp3) is 0.0769. The molecule has 0 fully saturated rings. The van der Waals surface area contributed by atoms with Crippen molar-refractivity contribution in [3.8, 4) is 0 Å². The van der Waals surface area contributed by atoms with Crippen molar-refractivity contribution in [3.63, 3.8) is 0 Å². The maximum atomic E-state index is 12.3. The normalized spacial score (nSPS) is 11.1. The quantitative estimate of drug-likeness (QED) is 0.900. The molecule has 1 heterocycles. The van der Waals surface area contributed by atoms with Crippen LogP contribution in [0.4, 0.5) is 5.82 Å². The van der Waals surface area contributed by atoms with Gasteiger partial charge in [0.2, 0.25) is 0 Å². The summed E-state index contributed by atoms with van der Waals surface area (Å²) in [5.41, 5.74) is 0.139. The van der Waals surface area contributed by atoms with Gasteiger partial charge >= 0.3 is 5.97 Å². The Morgan fingerprint density at radius 1 is 1.29 bits per heavy atom. The van der Waals surface area contributed by atoms with Crippen LogP contribution in [0.1, 0.15) is 15.9 Å². The number of nitrogens with zero attached hydrogens (tertiary/aromatic N) is 1. The number of aromatic nitrogens is 1. The highest BCUT2D eigenvalue weighted by molar-refractivity contribution is 7.92. The lowest BCUT2D eigenvalue weighted by molar-refractivity contribution is 0.0697. The summed E-state index contributed by atoms with van der Waals surface area (Å²) in [7, 11) is -3.98. The summed E-state index contributed by atoms with van der Waals surface area (Å²) in [5, 5.41) is 9.34. The van der Waals surface area contributed by atoms with E-state index in [4.69, 9.17) is 16.7 Å². The van der Waals surface area contributed by atoms with Crippen LogP contribution in [0.3, 0.4) is 0 Å². The van der Waals surface area contributed by atoms with Crippen molar-refractivity contribution in [2.45, 2.75) is 11.8 Å². The Morgan fingerprint density at radius 2 is 2.00 bits per heavy atom. The van der Waals surface area contributed by atoms with Gasteiger partial charge in [-0.2, -0.15) is 0 Å². The maximum absolute atomic E-state index is 12.3. The molecule has 0 unspecified atom stereocenters. The van der Waals surface area contributed by atoms with Gasteiger partial charge in [-0.05, 0) is 36.8 Å². The lowest BCUT2D eigenvalue weighted by atomic mass is 10.2. The molecule has 8 heteroatoms. The number of anilines is 1. The molecule has 0 amide bonds. The SMILES string of the molecule is Cc1c(Cl)cccc1S(=O)(=O)Nc1ncccc1C(=O)O. The van der Waals surface area contributed by atoms with Gasteiger partial charge < -0.3 is 5.11 Å². The fourth-order valence-electron chi connectivity index (χ4n) is 1.72. The molecule has 110 valence electrons. The molecular formula is C13H11ClN2O4S. The smallest absolute Gasteiger partial charge is 0.339 e. The van der Waals surface area contributed by atoms with Gasteiger partial charge in [0.05, 0.1) is 4.90 Å². The van der Waals surface area contributed by atoms with Crippen LogP contribution in [0.25, 0.3) is 0 Å². The van der Waals surface area contributed by atoms with Crippen molar-refractivity contribution >= 4 is 33.4 Å². The third kappa shape index (κ3) is 3.14. The summed E-state index contributed by atoms with van der Waals surface area (Å²) in [6.07, 6.45) is 1.30. The van der Waals surface area contributed by atoms with E-state index >= 15 is 0 Å². The molecule has 0 saturated heterocycles. The van der Waals surface area contributed by atoms with Gasteiger partial charge in [0, 0.05) is 11.2 Å². The minimum Gasteiger partial charge on any atom is -0.478 e. The van der Waals surface area contributed by atoms with E-state index in [0.29, 0.717) is 10.6 Å². The van der Waals surface area contributed by atoms with Crippen molar-refractivity contribution in [1.82, 2.24) is 4.98 Å². The van der Waals surface area contributed by atoms with Gasteiger partial charge in [-0.15, -0.1) is 0 Å². The van der Waals surface area contributed by atoms with Crippen LogP contribution in [0.5, 0.6) is 0 Å². The van der Waals surface area contributed by atoms with Crippen LogP contribution in [0.2, 0.25) is 5.02 Å². The van der Waals surface area contributed by atoms with E-state index in [-0.39, 0.29) is 16.3 Å². The molecule has 21 heavy (non-hydrogen) atoms. The molecule has 0 aliphatic rings. The first-order chi connectivity index (χ1) is 9.83. The molecule has 6 nitrogen and oxygen atoms in total. The number of aromatic carboxylic acids is 1. The van der Waals surface area contributed by atoms with Crippen LogP contribution in [-0.4, -0.2) is 24.5 Å². The lowest BCUT2D eigenvalue weighted by Gasteiger charge is -2.11. The first-order valence-corrected chi connectivity index (χ1v) is 7.65. The third-order valence-electron chi connectivity index (χ3n) is 2.78. The summed E-state index contributed by atoms with van der Waals surface area (Å²) in [6.45, 7) is 1.56. The van der Waals surface area contributed by atoms with Gasteiger partial charge in [0.15, 0.2) is 5.82 Å². The number of halogens is 1. The number of carboxylic acid groups (broad SMARTS) is 1. The second kappa shape index (κ2) is 5.71. The zero-order valence-electron chi connectivity index (χ0n) is 10.9. The van der Waals surface area contributed by atoms with Crippen molar-refractivity contribution in [1.29, 1.82) is 0 Å².